The first-order valence-corrected chi connectivity index (χ1v) is 11.9. The minimum atomic E-state index is -4.72. The Balaban J connectivity index is 1.49. The number of hydrogen-bond acceptors (Lipinski definition) is 7. The fraction of sp³-hybridized carbons (Fsp3) is 0.174. The van der Waals surface area contributed by atoms with Crippen molar-refractivity contribution >= 4 is 9.73 Å². The zero-order valence-corrected chi connectivity index (χ0v) is 18.9. The van der Waals surface area contributed by atoms with E-state index < -0.39 is 21.8 Å². The van der Waals surface area contributed by atoms with Crippen LogP contribution in [0.25, 0.3) is 11.4 Å². The summed E-state index contributed by atoms with van der Waals surface area (Å²) < 4.78 is 65.6. The van der Waals surface area contributed by atoms with Crippen molar-refractivity contribution in [3.63, 3.8) is 0 Å². The van der Waals surface area contributed by atoms with Crippen LogP contribution >= 0.6 is 0 Å². The van der Waals surface area contributed by atoms with Crippen LogP contribution in [-0.2, 0) is 22.5 Å². The summed E-state index contributed by atoms with van der Waals surface area (Å²) in [5.41, 5.74) is 1.98. The zero-order chi connectivity index (χ0) is 24.3. The van der Waals surface area contributed by atoms with Gasteiger partial charge in [-0.15, -0.1) is 0 Å². The van der Waals surface area contributed by atoms with Gasteiger partial charge in [-0.1, -0.05) is 23.4 Å². The van der Waals surface area contributed by atoms with Crippen LogP contribution < -0.4 is 4.74 Å². The van der Waals surface area contributed by atoms with E-state index in [0.717, 1.165) is 5.56 Å². The van der Waals surface area contributed by atoms with E-state index in [1.54, 1.807) is 60.8 Å². The van der Waals surface area contributed by atoms with Gasteiger partial charge < -0.3 is 9.26 Å². The third kappa shape index (κ3) is 5.60. The van der Waals surface area contributed by atoms with Crippen LogP contribution in [0.5, 0.6) is 11.6 Å². The Labute approximate surface area is 193 Å². The van der Waals surface area contributed by atoms with E-state index in [-0.39, 0.29) is 12.4 Å². The van der Waals surface area contributed by atoms with E-state index in [0.29, 0.717) is 27.7 Å². The zero-order valence-electron chi connectivity index (χ0n) is 18.1. The number of ether oxygens (including phenoxy) is 1. The van der Waals surface area contributed by atoms with Crippen LogP contribution in [0, 0.1) is 6.92 Å². The van der Waals surface area contributed by atoms with Gasteiger partial charge >= 0.3 is 12.1 Å². The predicted octanol–water partition coefficient (Wildman–Crippen LogP) is 5.91. The number of hydrogen-bond donors (Lipinski definition) is 0. The molecule has 0 aliphatic carbocycles. The number of nitrogens with zero attached hydrogens (tertiary/aromatic N) is 4. The SMILES string of the molecule is Cc1ccnc(Oc2ccc(S(C)(=O)=NCc3cccc(-c4noc(C(F)(F)F)n4)c3)cc2)c1. The van der Waals surface area contributed by atoms with Crippen molar-refractivity contribution in [2.24, 2.45) is 4.36 Å². The molecule has 176 valence electrons. The van der Waals surface area contributed by atoms with E-state index in [4.69, 9.17) is 4.74 Å². The lowest BCUT2D eigenvalue weighted by molar-refractivity contribution is -0.159. The largest absolute Gasteiger partial charge is 0.471 e. The number of pyridine rings is 1. The molecular weight excluding hydrogens is 469 g/mol. The van der Waals surface area contributed by atoms with Crippen molar-refractivity contribution in [1.29, 1.82) is 0 Å². The van der Waals surface area contributed by atoms with E-state index >= 15 is 0 Å². The molecule has 7 nitrogen and oxygen atoms in total. The van der Waals surface area contributed by atoms with Gasteiger partial charge in [0.1, 0.15) is 5.75 Å². The van der Waals surface area contributed by atoms with Crippen molar-refractivity contribution in [2.75, 3.05) is 6.26 Å². The summed E-state index contributed by atoms with van der Waals surface area (Å²) in [7, 11) is -2.74. The molecule has 0 radical (unpaired) electrons. The normalized spacial score (nSPS) is 13.3. The van der Waals surface area contributed by atoms with Gasteiger partial charge in [0.25, 0.3) is 0 Å². The molecule has 4 rings (SSSR count). The Morgan fingerprint density at radius 3 is 2.53 bits per heavy atom. The lowest BCUT2D eigenvalue weighted by Gasteiger charge is -2.08. The third-order valence-corrected chi connectivity index (χ3v) is 6.49. The first-order chi connectivity index (χ1) is 16.1. The summed E-state index contributed by atoms with van der Waals surface area (Å²) in [5.74, 6) is -0.605. The highest BCUT2D eigenvalue weighted by atomic mass is 32.2. The van der Waals surface area contributed by atoms with Crippen molar-refractivity contribution in [2.45, 2.75) is 24.5 Å². The summed E-state index contributed by atoms with van der Waals surface area (Å²) >= 11 is 0. The van der Waals surface area contributed by atoms with Gasteiger partial charge in [0.15, 0.2) is 0 Å². The molecule has 0 saturated carbocycles. The van der Waals surface area contributed by atoms with Gasteiger partial charge in [0, 0.05) is 29.0 Å². The van der Waals surface area contributed by atoms with Crippen molar-refractivity contribution in [3.8, 4) is 23.0 Å². The number of aromatic nitrogens is 3. The van der Waals surface area contributed by atoms with Crippen LogP contribution in [0.1, 0.15) is 17.0 Å². The molecule has 4 aromatic rings. The standard InChI is InChI=1S/C23H19F3N4O3S/c1-15-10-11-27-20(12-15)32-18-6-8-19(9-7-18)34(2,31)28-14-16-4-3-5-17(13-16)21-29-22(33-30-21)23(24,25)26/h3-13H,14H2,1-2H3. The first-order valence-electron chi connectivity index (χ1n) is 9.99. The highest BCUT2D eigenvalue weighted by molar-refractivity contribution is 7.93. The van der Waals surface area contributed by atoms with Gasteiger partial charge in [-0.25, -0.2) is 13.6 Å². The highest BCUT2D eigenvalue weighted by Crippen LogP contribution is 2.29. The molecule has 0 fully saturated rings. The molecule has 0 N–H and O–H groups in total. The van der Waals surface area contributed by atoms with Gasteiger partial charge in [0.05, 0.1) is 16.3 Å². The van der Waals surface area contributed by atoms with Crippen LogP contribution in [0.15, 0.2) is 80.6 Å². The summed E-state index contributed by atoms with van der Waals surface area (Å²) in [6, 6.07) is 16.9. The van der Waals surface area contributed by atoms with Crippen LogP contribution in [0.2, 0.25) is 0 Å². The average Bonchev–Trinajstić information content (AvgIpc) is 3.30. The predicted molar refractivity (Wildman–Crippen MR) is 119 cm³/mol. The van der Waals surface area contributed by atoms with Crippen molar-refractivity contribution in [1.82, 2.24) is 15.1 Å². The Morgan fingerprint density at radius 1 is 1.09 bits per heavy atom. The third-order valence-electron chi connectivity index (χ3n) is 4.72. The second-order valence-corrected chi connectivity index (χ2v) is 9.79. The molecule has 0 aliphatic heterocycles. The van der Waals surface area contributed by atoms with E-state index in [1.807, 2.05) is 13.0 Å². The maximum atomic E-state index is 13.2. The van der Waals surface area contributed by atoms with Gasteiger partial charge in [-0.05, 0) is 54.4 Å². The van der Waals surface area contributed by atoms with Crippen molar-refractivity contribution < 1.29 is 26.6 Å². The number of halogens is 3. The van der Waals surface area contributed by atoms with Crippen LogP contribution in [-0.4, -0.2) is 25.6 Å². The maximum Gasteiger partial charge on any atom is 0.471 e. The molecule has 0 spiro atoms. The lowest BCUT2D eigenvalue weighted by atomic mass is 10.1. The monoisotopic (exact) mass is 488 g/mol. The highest BCUT2D eigenvalue weighted by Gasteiger charge is 2.38. The fourth-order valence-corrected chi connectivity index (χ4v) is 4.17. The Hall–Kier alpha value is -3.73. The second-order valence-electron chi connectivity index (χ2n) is 7.46. The molecule has 0 aliphatic rings. The number of alkyl halides is 3. The van der Waals surface area contributed by atoms with E-state index in [9.17, 15) is 17.4 Å². The number of aryl methyl sites for hydroxylation is 1. The van der Waals surface area contributed by atoms with Crippen molar-refractivity contribution in [3.05, 3.63) is 83.9 Å². The molecule has 1 atom stereocenters. The molecule has 11 heteroatoms. The molecule has 2 heterocycles. The fourth-order valence-electron chi connectivity index (χ4n) is 2.98. The molecule has 0 bridgehead atoms. The number of benzene rings is 2. The number of rotatable bonds is 6. The molecule has 2 aromatic carbocycles. The molecule has 34 heavy (non-hydrogen) atoms. The van der Waals surface area contributed by atoms with E-state index in [2.05, 4.69) is 24.0 Å². The maximum absolute atomic E-state index is 13.2. The molecule has 0 saturated heterocycles. The molecule has 2 aromatic heterocycles. The summed E-state index contributed by atoms with van der Waals surface area (Å²) in [6.45, 7) is 2.02. The summed E-state index contributed by atoms with van der Waals surface area (Å²) in [5, 5.41) is 3.38. The van der Waals surface area contributed by atoms with E-state index in [1.165, 1.54) is 6.26 Å². The summed E-state index contributed by atoms with van der Waals surface area (Å²) in [4.78, 5) is 8.04. The van der Waals surface area contributed by atoms with Gasteiger partial charge in [-0.3, -0.25) is 0 Å². The average molecular weight is 488 g/mol. The Bertz CT molecular complexity index is 1430. The van der Waals surface area contributed by atoms with Gasteiger partial charge in [-0.2, -0.15) is 18.2 Å². The first kappa shape index (κ1) is 23.4. The summed E-state index contributed by atoms with van der Waals surface area (Å²) in [6.07, 6.45) is -1.55. The quantitative estimate of drug-likeness (QED) is 0.335. The lowest BCUT2D eigenvalue weighted by Crippen LogP contribution is -2.04. The molecule has 1 unspecified atom stereocenters. The van der Waals surface area contributed by atoms with Gasteiger partial charge in [0.2, 0.25) is 11.7 Å². The molecular formula is C23H19F3N4O3S. The Kier molecular flexibility index (Phi) is 6.38. The minimum absolute atomic E-state index is 0.0820. The van der Waals surface area contributed by atoms with Crippen LogP contribution in [0.3, 0.4) is 0 Å². The topological polar surface area (TPSA) is 90.5 Å². The van der Waals surface area contributed by atoms with Crippen LogP contribution in [0.4, 0.5) is 13.2 Å². The second kappa shape index (κ2) is 9.26. The Morgan fingerprint density at radius 2 is 1.85 bits per heavy atom. The molecule has 0 amide bonds. The smallest absolute Gasteiger partial charge is 0.439 e. The minimum Gasteiger partial charge on any atom is -0.439 e.